The predicted octanol–water partition coefficient (Wildman–Crippen LogP) is 9.32. The maximum Gasteiger partial charge on any atom is 0.338 e. The average molecular weight is 489 g/mol. The number of esters is 1. The molecule has 0 N–H and O–H groups in total. The van der Waals surface area contributed by atoms with Crippen LogP contribution in [0, 0.1) is 34.5 Å². The summed E-state index contributed by atoms with van der Waals surface area (Å²) in [5.74, 6) is 2.92. The topological polar surface area (TPSA) is 26.3 Å². The third-order valence-corrected chi connectivity index (χ3v) is 10.9. The van der Waals surface area contributed by atoms with Crippen LogP contribution in [0.25, 0.3) is 0 Å². The Hall–Kier alpha value is -1.83. The van der Waals surface area contributed by atoms with Gasteiger partial charge in [-0.15, -0.1) is 0 Å². The minimum absolute atomic E-state index is 0.0635. The van der Waals surface area contributed by atoms with E-state index in [1.807, 2.05) is 30.3 Å². The van der Waals surface area contributed by atoms with Crippen molar-refractivity contribution >= 4 is 5.97 Å². The van der Waals surface area contributed by atoms with Crippen LogP contribution < -0.4 is 0 Å². The lowest BCUT2D eigenvalue weighted by Gasteiger charge is -2.54. The molecule has 196 valence electrons. The summed E-state index contributed by atoms with van der Waals surface area (Å²) in [5, 5.41) is 0. The Morgan fingerprint density at radius 2 is 1.78 bits per heavy atom. The highest BCUT2D eigenvalue weighted by molar-refractivity contribution is 5.89. The lowest BCUT2D eigenvalue weighted by Crippen LogP contribution is -2.44. The number of carbonyl (C=O) groups is 1. The lowest BCUT2D eigenvalue weighted by atomic mass is 9.51. The number of fused-ring (bicyclic) bond motifs is 4. The van der Waals surface area contributed by atoms with Crippen molar-refractivity contribution in [1.82, 2.24) is 0 Å². The van der Waals surface area contributed by atoms with Crippen molar-refractivity contribution in [3.8, 4) is 0 Å². The van der Waals surface area contributed by atoms with Crippen molar-refractivity contribution in [3.63, 3.8) is 0 Å². The highest BCUT2D eigenvalue weighted by Gasteiger charge is 2.53. The molecule has 5 rings (SSSR count). The van der Waals surface area contributed by atoms with Gasteiger partial charge in [0.2, 0.25) is 0 Å². The van der Waals surface area contributed by atoms with Gasteiger partial charge in [0.05, 0.1) is 5.56 Å². The molecule has 0 radical (unpaired) electrons. The quantitative estimate of drug-likeness (QED) is 0.357. The van der Waals surface area contributed by atoms with Crippen LogP contribution in [-0.2, 0) is 4.74 Å². The first kappa shape index (κ1) is 25.8. The van der Waals surface area contributed by atoms with Crippen LogP contribution in [0.15, 0.2) is 53.1 Å². The standard InChI is InChI=1S/C34H48O2/c1-23(2)10-9-11-24(3)29-16-17-30-28-15-14-26-22-27(36-32(35)25-12-7-6-8-13-25)18-20-33(26,4)31(28)19-21-34(29,30)5/h6-8,12-13,17,23-24,26-27,29H,9-11,14-16,18-22H2,1-5H3/t24-,26?,27+,29-,33+,34-/m1/s1. The molecule has 1 fully saturated rings. The zero-order valence-corrected chi connectivity index (χ0v) is 23.4. The summed E-state index contributed by atoms with van der Waals surface area (Å²) in [5.41, 5.74) is 6.60. The van der Waals surface area contributed by atoms with E-state index in [4.69, 9.17) is 4.74 Å². The first-order valence-corrected chi connectivity index (χ1v) is 14.9. The second-order valence-corrected chi connectivity index (χ2v) is 13.5. The summed E-state index contributed by atoms with van der Waals surface area (Å²) in [6.45, 7) is 12.4. The van der Waals surface area contributed by atoms with Gasteiger partial charge in [-0.3, -0.25) is 0 Å². The first-order chi connectivity index (χ1) is 17.2. The summed E-state index contributed by atoms with van der Waals surface area (Å²) in [7, 11) is 0. The Bertz CT molecular complexity index is 1020. The van der Waals surface area contributed by atoms with E-state index in [1.54, 1.807) is 16.7 Å². The normalized spacial score (nSPS) is 34.5. The van der Waals surface area contributed by atoms with Gasteiger partial charge < -0.3 is 4.74 Å². The third-order valence-electron chi connectivity index (χ3n) is 10.9. The Kier molecular flexibility index (Phi) is 7.27. The number of hydrogen-bond donors (Lipinski definition) is 0. The van der Waals surface area contributed by atoms with Gasteiger partial charge in [0, 0.05) is 0 Å². The number of ether oxygens (including phenoxy) is 1. The Morgan fingerprint density at radius 1 is 1.00 bits per heavy atom. The summed E-state index contributed by atoms with van der Waals surface area (Å²) in [4.78, 5) is 12.7. The van der Waals surface area contributed by atoms with Gasteiger partial charge in [0.1, 0.15) is 6.10 Å². The van der Waals surface area contributed by atoms with E-state index < -0.39 is 0 Å². The fourth-order valence-electron chi connectivity index (χ4n) is 8.66. The highest BCUT2D eigenvalue weighted by atomic mass is 16.5. The van der Waals surface area contributed by atoms with E-state index in [2.05, 4.69) is 40.7 Å². The molecule has 2 heteroatoms. The first-order valence-electron chi connectivity index (χ1n) is 14.9. The van der Waals surface area contributed by atoms with Crippen molar-refractivity contribution in [2.45, 2.75) is 111 Å². The second kappa shape index (κ2) is 10.1. The second-order valence-electron chi connectivity index (χ2n) is 13.5. The van der Waals surface area contributed by atoms with Crippen LogP contribution in [-0.4, -0.2) is 12.1 Å². The van der Waals surface area contributed by atoms with Crippen LogP contribution in [0.5, 0.6) is 0 Å². The van der Waals surface area contributed by atoms with E-state index in [-0.39, 0.29) is 17.5 Å². The van der Waals surface area contributed by atoms with Crippen molar-refractivity contribution in [1.29, 1.82) is 0 Å². The zero-order chi connectivity index (χ0) is 25.5. The molecule has 0 saturated heterocycles. The summed E-state index contributed by atoms with van der Waals surface area (Å²) in [6.07, 6.45) is 16.4. The molecule has 4 aliphatic carbocycles. The molecule has 0 aromatic heterocycles. The van der Waals surface area contributed by atoms with Crippen LogP contribution >= 0.6 is 0 Å². The minimum Gasteiger partial charge on any atom is -0.459 e. The molecular weight excluding hydrogens is 440 g/mol. The van der Waals surface area contributed by atoms with Gasteiger partial charge in [-0.05, 0) is 109 Å². The maximum absolute atomic E-state index is 12.7. The van der Waals surface area contributed by atoms with E-state index in [1.165, 1.54) is 51.4 Å². The molecule has 4 aliphatic rings. The lowest BCUT2D eigenvalue weighted by molar-refractivity contribution is -0.0124. The molecule has 0 amide bonds. The number of carbonyl (C=O) groups excluding carboxylic acids is 1. The van der Waals surface area contributed by atoms with Gasteiger partial charge >= 0.3 is 5.97 Å². The molecule has 0 spiro atoms. The molecule has 1 aromatic carbocycles. The van der Waals surface area contributed by atoms with Crippen molar-refractivity contribution in [3.05, 3.63) is 58.7 Å². The molecule has 0 aliphatic heterocycles. The van der Waals surface area contributed by atoms with E-state index in [0.717, 1.165) is 37.0 Å². The maximum atomic E-state index is 12.7. The number of hydrogen-bond acceptors (Lipinski definition) is 2. The molecule has 0 bridgehead atoms. The van der Waals surface area contributed by atoms with Crippen molar-refractivity contribution < 1.29 is 9.53 Å². The molecule has 1 unspecified atom stereocenters. The smallest absolute Gasteiger partial charge is 0.338 e. The van der Waals surface area contributed by atoms with Crippen molar-refractivity contribution in [2.75, 3.05) is 0 Å². The zero-order valence-electron chi connectivity index (χ0n) is 23.4. The van der Waals surface area contributed by atoms with E-state index in [9.17, 15) is 4.79 Å². The summed E-state index contributed by atoms with van der Waals surface area (Å²) < 4.78 is 6.01. The number of rotatable bonds is 7. The molecule has 0 heterocycles. The predicted molar refractivity (Wildman–Crippen MR) is 149 cm³/mol. The highest BCUT2D eigenvalue weighted by Crippen LogP contribution is 2.64. The fourth-order valence-corrected chi connectivity index (χ4v) is 8.66. The Balaban J connectivity index is 1.27. The largest absolute Gasteiger partial charge is 0.459 e. The number of allylic oxidation sites excluding steroid dienone is 4. The molecule has 1 aromatic rings. The molecule has 1 saturated carbocycles. The Morgan fingerprint density at radius 3 is 2.53 bits per heavy atom. The SMILES string of the molecule is CC(C)CCC[C@@H](C)[C@H]1CC=C2C3=C(CC[C@@]21C)[C@@]1(C)CC[C@H](OC(=O)c2ccccc2)CC1CC3. The molecule has 6 atom stereocenters. The van der Waals surface area contributed by atoms with Crippen LogP contribution in [0.4, 0.5) is 0 Å². The van der Waals surface area contributed by atoms with Gasteiger partial charge in [-0.25, -0.2) is 4.79 Å². The van der Waals surface area contributed by atoms with E-state index in [0.29, 0.717) is 16.9 Å². The summed E-state index contributed by atoms with van der Waals surface area (Å²) in [6, 6.07) is 9.49. The molecular formula is C34H48O2. The van der Waals surface area contributed by atoms with Gasteiger partial charge in [-0.2, -0.15) is 0 Å². The number of benzene rings is 1. The van der Waals surface area contributed by atoms with Gasteiger partial charge in [0.15, 0.2) is 0 Å². The van der Waals surface area contributed by atoms with Crippen LogP contribution in [0.2, 0.25) is 0 Å². The average Bonchev–Trinajstić information content (AvgIpc) is 3.22. The van der Waals surface area contributed by atoms with Crippen molar-refractivity contribution in [2.24, 2.45) is 34.5 Å². The third kappa shape index (κ3) is 4.63. The minimum atomic E-state index is -0.155. The Labute approximate surface area is 220 Å². The molecule has 36 heavy (non-hydrogen) atoms. The fraction of sp³-hybridized carbons (Fsp3) is 0.676. The van der Waals surface area contributed by atoms with Gasteiger partial charge in [-0.1, -0.05) is 83.7 Å². The van der Waals surface area contributed by atoms with Crippen LogP contribution in [0.3, 0.4) is 0 Å². The van der Waals surface area contributed by atoms with E-state index >= 15 is 0 Å². The van der Waals surface area contributed by atoms with Gasteiger partial charge in [0.25, 0.3) is 0 Å². The monoisotopic (exact) mass is 488 g/mol. The molecule has 2 nitrogen and oxygen atoms in total. The summed E-state index contributed by atoms with van der Waals surface area (Å²) >= 11 is 0. The van der Waals surface area contributed by atoms with Crippen LogP contribution in [0.1, 0.15) is 116 Å².